The largest absolute Gasteiger partial charge is 0.308 e. The second-order valence-electron chi connectivity index (χ2n) is 5.33. The summed E-state index contributed by atoms with van der Waals surface area (Å²) in [4.78, 5) is 2.57. The van der Waals surface area contributed by atoms with Crippen LogP contribution in [0.4, 0.5) is 4.39 Å². The van der Waals surface area contributed by atoms with E-state index in [1.165, 1.54) is 31.9 Å². The zero-order valence-electron chi connectivity index (χ0n) is 10.3. The van der Waals surface area contributed by atoms with Crippen LogP contribution in [-0.4, -0.2) is 30.1 Å². The van der Waals surface area contributed by atoms with Gasteiger partial charge in [0, 0.05) is 41.8 Å². The van der Waals surface area contributed by atoms with E-state index >= 15 is 0 Å². The van der Waals surface area contributed by atoms with Gasteiger partial charge in [-0.1, -0.05) is 22.0 Å². The summed E-state index contributed by atoms with van der Waals surface area (Å²) >= 11 is 3.28. The van der Waals surface area contributed by atoms with Crippen LogP contribution in [0.1, 0.15) is 24.8 Å². The summed E-state index contributed by atoms with van der Waals surface area (Å²) < 4.78 is 14.5. The molecule has 98 valence electrons. The Morgan fingerprint density at radius 1 is 1.33 bits per heavy atom. The van der Waals surface area contributed by atoms with Gasteiger partial charge >= 0.3 is 0 Å². The van der Waals surface area contributed by atoms with Crippen molar-refractivity contribution < 1.29 is 4.39 Å². The minimum Gasteiger partial charge on any atom is -0.308 e. The van der Waals surface area contributed by atoms with Gasteiger partial charge in [0.2, 0.25) is 0 Å². The maximum Gasteiger partial charge on any atom is 0.128 e. The highest BCUT2D eigenvalue weighted by Crippen LogP contribution is 2.29. The van der Waals surface area contributed by atoms with Crippen molar-refractivity contribution in [3.8, 4) is 0 Å². The van der Waals surface area contributed by atoms with Crippen molar-refractivity contribution in [2.45, 2.75) is 37.9 Å². The van der Waals surface area contributed by atoms with Crippen molar-refractivity contribution in [2.24, 2.45) is 0 Å². The molecule has 1 atom stereocenters. The lowest BCUT2D eigenvalue weighted by atomic mass is 10.2. The molecule has 4 heteroatoms. The Bertz CT molecular complexity index is 434. The van der Waals surface area contributed by atoms with Gasteiger partial charge < -0.3 is 5.32 Å². The van der Waals surface area contributed by atoms with Gasteiger partial charge in [-0.05, 0) is 31.4 Å². The maximum absolute atomic E-state index is 13.7. The quantitative estimate of drug-likeness (QED) is 0.919. The Hall–Kier alpha value is -0.450. The lowest BCUT2D eigenvalue weighted by molar-refractivity contribution is 0.317. The van der Waals surface area contributed by atoms with Crippen molar-refractivity contribution in [2.75, 3.05) is 13.1 Å². The van der Waals surface area contributed by atoms with Crippen LogP contribution in [0.3, 0.4) is 0 Å². The SMILES string of the molecule is Fc1cc(Br)ccc1CNC1CCN(C2CC2)C1. The number of nitrogens with one attached hydrogen (secondary N) is 1. The van der Waals surface area contributed by atoms with Gasteiger partial charge in [-0.15, -0.1) is 0 Å². The predicted molar refractivity (Wildman–Crippen MR) is 73.9 cm³/mol. The van der Waals surface area contributed by atoms with E-state index in [1.54, 1.807) is 0 Å². The number of nitrogens with zero attached hydrogens (tertiary/aromatic N) is 1. The Kier molecular flexibility index (Phi) is 3.68. The number of hydrogen-bond donors (Lipinski definition) is 1. The summed E-state index contributed by atoms with van der Waals surface area (Å²) in [5.74, 6) is -0.131. The summed E-state index contributed by atoms with van der Waals surface area (Å²) in [5.41, 5.74) is 0.753. The van der Waals surface area contributed by atoms with Gasteiger partial charge in [0.15, 0.2) is 0 Å². The molecule has 1 aliphatic heterocycles. The van der Waals surface area contributed by atoms with Crippen LogP contribution in [0.2, 0.25) is 0 Å². The average molecular weight is 313 g/mol. The van der Waals surface area contributed by atoms with E-state index in [1.807, 2.05) is 12.1 Å². The minimum absolute atomic E-state index is 0.131. The standard InChI is InChI=1S/C14H18BrFN2/c15-11-2-1-10(14(16)7-11)8-17-12-5-6-18(9-12)13-3-4-13/h1-2,7,12-13,17H,3-6,8-9H2. The monoisotopic (exact) mass is 312 g/mol. The predicted octanol–water partition coefficient (Wildman–Crippen LogP) is 2.91. The van der Waals surface area contributed by atoms with Gasteiger partial charge in [0.1, 0.15) is 5.82 Å². The first-order valence-electron chi connectivity index (χ1n) is 6.64. The number of rotatable bonds is 4. The molecule has 1 saturated carbocycles. The van der Waals surface area contributed by atoms with Gasteiger partial charge in [-0.2, -0.15) is 0 Å². The molecule has 0 radical (unpaired) electrons. The Balaban J connectivity index is 1.51. The van der Waals surface area contributed by atoms with Crippen LogP contribution < -0.4 is 5.32 Å². The van der Waals surface area contributed by atoms with E-state index in [0.29, 0.717) is 12.6 Å². The molecule has 1 aromatic carbocycles. The van der Waals surface area contributed by atoms with Crippen LogP contribution in [0.5, 0.6) is 0 Å². The molecule has 1 aliphatic carbocycles. The summed E-state index contributed by atoms with van der Waals surface area (Å²) in [7, 11) is 0. The molecule has 1 unspecified atom stereocenters. The number of likely N-dealkylation sites (tertiary alicyclic amines) is 1. The highest BCUT2D eigenvalue weighted by molar-refractivity contribution is 9.10. The minimum atomic E-state index is -0.131. The summed E-state index contributed by atoms with van der Waals surface area (Å²) in [6, 6.07) is 6.64. The molecule has 2 nitrogen and oxygen atoms in total. The first-order chi connectivity index (χ1) is 8.72. The van der Waals surface area contributed by atoms with E-state index in [9.17, 15) is 4.39 Å². The number of hydrogen-bond acceptors (Lipinski definition) is 2. The fraction of sp³-hybridized carbons (Fsp3) is 0.571. The van der Waals surface area contributed by atoms with E-state index in [-0.39, 0.29) is 5.82 Å². The third-order valence-electron chi connectivity index (χ3n) is 3.88. The van der Waals surface area contributed by atoms with Crippen molar-refractivity contribution in [3.05, 3.63) is 34.1 Å². The van der Waals surface area contributed by atoms with Crippen LogP contribution in [0.25, 0.3) is 0 Å². The number of halogens is 2. The van der Waals surface area contributed by atoms with Crippen LogP contribution in [0, 0.1) is 5.82 Å². The van der Waals surface area contributed by atoms with E-state index < -0.39 is 0 Å². The molecule has 2 fully saturated rings. The zero-order chi connectivity index (χ0) is 12.5. The molecule has 1 aromatic rings. The molecule has 0 bridgehead atoms. The second-order valence-corrected chi connectivity index (χ2v) is 6.24. The van der Waals surface area contributed by atoms with Crippen LogP contribution in [0.15, 0.2) is 22.7 Å². The first kappa shape index (κ1) is 12.6. The van der Waals surface area contributed by atoms with Crippen molar-refractivity contribution in [1.29, 1.82) is 0 Å². The molecular weight excluding hydrogens is 295 g/mol. The summed E-state index contributed by atoms with van der Waals surface area (Å²) in [6.07, 6.45) is 3.93. The maximum atomic E-state index is 13.7. The van der Waals surface area contributed by atoms with Gasteiger partial charge in [-0.25, -0.2) is 4.39 Å². The van der Waals surface area contributed by atoms with Gasteiger partial charge in [-0.3, -0.25) is 4.90 Å². The third-order valence-corrected chi connectivity index (χ3v) is 4.37. The second kappa shape index (κ2) is 5.27. The van der Waals surface area contributed by atoms with Crippen LogP contribution in [-0.2, 0) is 6.54 Å². The van der Waals surface area contributed by atoms with Gasteiger partial charge in [0.05, 0.1) is 0 Å². The average Bonchev–Trinajstić information content (AvgIpc) is 3.08. The molecule has 1 saturated heterocycles. The topological polar surface area (TPSA) is 15.3 Å². The van der Waals surface area contributed by atoms with Crippen molar-refractivity contribution >= 4 is 15.9 Å². The molecule has 3 rings (SSSR count). The molecule has 18 heavy (non-hydrogen) atoms. The Morgan fingerprint density at radius 2 is 2.17 bits per heavy atom. The zero-order valence-corrected chi connectivity index (χ0v) is 11.9. The lowest BCUT2D eigenvalue weighted by Crippen LogP contribution is -2.33. The first-order valence-corrected chi connectivity index (χ1v) is 7.43. The van der Waals surface area contributed by atoms with E-state index in [0.717, 1.165) is 22.6 Å². The van der Waals surface area contributed by atoms with Crippen molar-refractivity contribution in [3.63, 3.8) is 0 Å². The lowest BCUT2D eigenvalue weighted by Gasteiger charge is -2.16. The van der Waals surface area contributed by atoms with Gasteiger partial charge in [0.25, 0.3) is 0 Å². The number of benzene rings is 1. The smallest absolute Gasteiger partial charge is 0.128 e. The normalized spacial score (nSPS) is 24.7. The van der Waals surface area contributed by atoms with E-state index in [2.05, 4.69) is 26.1 Å². The molecule has 0 amide bonds. The molecular formula is C14H18BrFN2. The molecule has 0 spiro atoms. The summed E-state index contributed by atoms with van der Waals surface area (Å²) in [6.45, 7) is 2.95. The van der Waals surface area contributed by atoms with Crippen LogP contribution >= 0.6 is 15.9 Å². The fourth-order valence-electron chi connectivity index (χ4n) is 2.64. The summed E-state index contributed by atoms with van der Waals surface area (Å²) in [5, 5.41) is 3.47. The fourth-order valence-corrected chi connectivity index (χ4v) is 2.98. The van der Waals surface area contributed by atoms with E-state index in [4.69, 9.17) is 0 Å². The molecule has 1 heterocycles. The van der Waals surface area contributed by atoms with Crippen molar-refractivity contribution in [1.82, 2.24) is 10.2 Å². The molecule has 2 aliphatic rings. The highest BCUT2D eigenvalue weighted by atomic mass is 79.9. The Morgan fingerprint density at radius 3 is 2.89 bits per heavy atom. The Labute approximate surface area is 116 Å². The third kappa shape index (κ3) is 2.92. The highest BCUT2D eigenvalue weighted by Gasteiger charge is 2.34. The molecule has 1 N–H and O–H groups in total. The molecule has 0 aromatic heterocycles.